The average Bonchev–Trinajstić information content (AvgIpc) is 2.65. The summed E-state index contributed by atoms with van der Waals surface area (Å²) in [5.41, 5.74) is 6.18. The zero-order chi connectivity index (χ0) is 19.8. The highest BCUT2D eigenvalue weighted by Gasteiger charge is 2.16. The minimum absolute atomic E-state index is 0.0312. The molecule has 7 nitrogen and oxygen atoms in total. The molecule has 0 saturated carbocycles. The van der Waals surface area contributed by atoms with E-state index in [1.165, 1.54) is 0 Å². The topological polar surface area (TPSA) is 92.5 Å². The van der Waals surface area contributed by atoms with Gasteiger partial charge in [0.2, 0.25) is 0 Å². The van der Waals surface area contributed by atoms with Crippen LogP contribution < -0.4 is 21.1 Å². The van der Waals surface area contributed by atoms with Crippen molar-refractivity contribution in [1.29, 1.82) is 0 Å². The van der Waals surface area contributed by atoms with E-state index in [1.807, 2.05) is 6.92 Å². The first kappa shape index (κ1) is 20.8. The van der Waals surface area contributed by atoms with Crippen molar-refractivity contribution in [3.8, 4) is 11.5 Å². The third-order valence-corrected chi connectivity index (χ3v) is 4.45. The number of carbonyl (C=O) groups excluding carboxylic acids is 1. The maximum absolute atomic E-state index is 12.3. The summed E-state index contributed by atoms with van der Waals surface area (Å²) < 4.78 is 5.75. The number of nitrogens with one attached hydrogen (secondary N) is 2. The molecular weight excluding hydrogens is 366 g/mol. The number of hydrogen-bond donors (Lipinski definition) is 3. The molecule has 2 rings (SSSR count). The third kappa shape index (κ3) is 6.01. The Labute approximate surface area is 164 Å². The number of hydrogen-bond acceptors (Lipinski definition) is 5. The number of aromatic nitrogens is 1. The number of carbonyl (C=O) groups is 1. The van der Waals surface area contributed by atoms with Gasteiger partial charge in [-0.2, -0.15) is 0 Å². The first-order valence-electron chi connectivity index (χ1n) is 8.97. The normalized spacial score (nSPS) is 11.9. The van der Waals surface area contributed by atoms with E-state index in [0.717, 1.165) is 19.5 Å². The van der Waals surface area contributed by atoms with Crippen molar-refractivity contribution < 1.29 is 9.53 Å². The molecular formula is C19H26ClN5O2. The summed E-state index contributed by atoms with van der Waals surface area (Å²) in [6.07, 6.45) is 2.34. The van der Waals surface area contributed by atoms with Gasteiger partial charge in [0, 0.05) is 18.3 Å². The van der Waals surface area contributed by atoms with E-state index in [-0.39, 0.29) is 12.2 Å². The van der Waals surface area contributed by atoms with E-state index in [9.17, 15) is 4.79 Å². The van der Waals surface area contributed by atoms with Crippen LogP contribution in [0.4, 0.5) is 16.3 Å². The lowest BCUT2D eigenvalue weighted by Crippen LogP contribution is -2.49. The van der Waals surface area contributed by atoms with Crippen molar-refractivity contribution in [3.05, 3.63) is 41.6 Å². The SMILES string of the molecule is CCC(NC(=O)Nc1cc(Oc2ccc(N)c(Cl)c2)ccn1)N(CC)CC. The number of nitrogens with two attached hydrogens (primary N) is 1. The van der Waals surface area contributed by atoms with E-state index < -0.39 is 0 Å². The second-order valence-corrected chi connectivity index (χ2v) is 6.31. The maximum Gasteiger partial charge on any atom is 0.321 e. The lowest BCUT2D eigenvalue weighted by atomic mass is 10.3. The number of halogens is 1. The van der Waals surface area contributed by atoms with Gasteiger partial charge in [-0.15, -0.1) is 0 Å². The van der Waals surface area contributed by atoms with Crippen LogP contribution >= 0.6 is 11.6 Å². The van der Waals surface area contributed by atoms with E-state index in [2.05, 4.69) is 34.4 Å². The molecule has 0 bridgehead atoms. The zero-order valence-corrected chi connectivity index (χ0v) is 16.6. The van der Waals surface area contributed by atoms with Crippen molar-refractivity contribution in [2.24, 2.45) is 0 Å². The van der Waals surface area contributed by atoms with Crippen LogP contribution in [0.2, 0.25) is 5.02 Å². The van der Waals surface area contributed by atoms with Crippen LogP contribution in [0.25, 0.3) is 0 Å². The molecule has 1 aromatic heterocycles. The summed E-state index contributed by atoms with van der Waals surface area (Å²) in [5, 5.41) is 6.12. The Balaban J connectivity index is 2.02. The number of ether oxygens (including phenoxy) is 1. The second kappa shape index (κ2) is 9.99. The molecule has 0 radical (unpaired) electrons. The van der Waals surface area contributed by atoms with Gasteiger partial charge in [-0.1, -0.05) is 32.4 Å². The molecule has 2 amide bonds. The molecule has 146 valence electrons. The van der Waals surface area contributed by atoms with Gasteiger partial charge in [-0.25, -0.2) is 9.78 Å². The first-order chi connectivity index (χ1) is 13.0. The summed E-state index contributed by atoms with van der Waals surface area (Å²) in [6, 6.07) is 8.04. The molecule has 1 unspecified atom stereocenters. The van der Waals surface area contributed by atoms with E-state index in [1.54, 1.807) is 36.5 Å². The maximum atomic E-state index is 12.3. The molecule has 0 aliphatic rings. The number of amides is 2. The number of nitrogens with zero attached hydrogens (tertiary/aromatic N) is 2. The fourth-order valence-corrected chi connectivity index (χ4v) is 2.84. The minimum atomic E-state index is -0.311. The van der Waals surface area contributed by atoms with E-state index in [4.69, 9.17) is 22.1 Å². The van der Waals surface area contributed by atoms with Crippen molar-refractivity contribution in [3.63, 3.8) is 0 Å². The Morgan fingerprint density at radius 2 is 1.93 bits per heavy atom. The van der Waals surface area contributed by atoms with Gasteiger partial charge >= 0.3 is 6.03 Å². The standard InChI is InChI=1S/C19H26ClN5O2/c1-4-18(25(5-2)6-3)24-19(26)23-17-12-14(9-10-22-17)27-13-7-8-16(21)15(20)11-13/h7-12,18H,4-6,21H2,1-3H3,(H2,22,23,24,26). The van der Waals surface area contributed by atoms with Crippen LogP contribution in [0, 0.1) is 0 Å². The van der Waals surface area contributed by atoms with Crippen LogP contribution in [0.15, 0.2) is 36.5 Å². The van der Waals surface area contributed by atoms with Gasteiger partial charge in [0.15, 0.2) is 0 Å². The number of pyridine rings is 1. The smallest absolute Gasteiger partial charge is 0.321 e. The Bertz CT molecular complexity index is 768. The molecule has 1 aromatic carbocycles. The van der Waals surface area contributed by atoms with E-state index in [0.29, 0.717) is 28.0 Å². The second-order valence-electron chi connectivity index (χ2n) is 5.91. The Hall–Kier alpha value is -2.51. The van der Waals surface area contributed by atoms with Crippen molar-refractivity contribution in [2.75, 3.05) is 24.1 Å². The molecule has 27 heavy (non-hydrogen) atoms. The van der Waals surface area contributed by atoms with Gasteiger partial charge in [-0.05, 0) is 37.7 Å². The quantitative estimate of drug-likeness (QED) is 0.460. The lowest BCUT2D eigenvalue weighted by molar-refractivity contribution is 0.178. The Morgan fingerprint density at radius 1 is 1.22 bits per heavy atom. The van der Waals surface area contributed by atoms with Gasteiger partial charge in [0.05, 0.1) is 16.9 Å². The predicted octanol–water partition coefficient (Wildman–Crippen LogP) is 4.31. The molecule has 0 saturated heterocycles. The molecule has 2 aromatic rings. The third-order valence-electron chi connectivity index (χ3n) is 4.12. The summed E-state index contributed by atoms with van der Waals surface area (Å²) in [7, 11) is 0. The average molecular weight is 392 g/mol. The van der Waals surface area contributed by atoms with Gasteiger partial charge in [0.25, 0.3) is 0 Å². The lowest BCUT2D eigenvalue weighted by Gasteiger charge is -2.29. The number of rotatable bonds is 8. The molecule has 1 heterocycles. The highest BCUT2D eigenvalue weighted by atomic mass is 35.5. The van der Waals surface area contributed by atoms with Gasteiger partial charge < -0.3 is 15.8 Å². The van der Waals surface area contributed by atoms with Crippen molar-refractivity contribution >= 4 is 29.1 Å². The molecule has 0 spiro atoms. The van der Waals surface area contributed by atoms with Crippen molar-refractivity contribution in [1.82, 2.24) is 15.2 Å². The Morgan fingerprint density at radius 3 is 2.56 bits per heavy atom. The van der Waals surface area contributed by atoms with Crippen molar-refractivity contribution in [2.45, 2.75) is 33.4 Å². The molecule has 4 N–H and O–H groups in total. The summed E-state index contributed by atoms with van der Waals surface area (Å²) >= 11 is 6.01. The molecule has 8 heteroatoms. The highest BCUT2D eigenvalue weighted by Crippen LogP contribution is 2.28. The molecule has 0 aliphatic heterocycles. The fraction of sp³-hybridized carbons (Fsp3) is 0.368. The number of anilines is 2. The van der Waals surface area contributed by atoms with E-state index >= 15 is 0 Å². The first-order valence-corrected chi connectivity index (χ1v) is 9.35. The summed E-state index contributed by atoms with van der Waals surface area (Å²) in [6.45, 7) is 7.89. The predicted molar refractivity (Wildman–Crippen MR) is 109 cm³/mol. The minimum Gasteiger partial charge on any atom is -0.457 e. The molecule has 1 atom stereocenters. The van der Waals surface area contributed by atoms with Crippen LogP contribution in [0.1, 0.15) is 27.2 Å². The summed E-state index contributed by atoms with van der Waals surface area (Å²) in [5.74, 6) is 1.46. The highest BCUT2D eigenvalue weighted by molar-refractivity contribution is 6.33. The molecule has 0 fully saturated rings. The van der Waals surface area contributed by atoms with Crippen LogP contribution in [-0.2, 0) is 0 Å². The van der Waals surface area contributed by atoms with Crippen LogP contribution in [-0.4, -0.2) is 35.2 Å². The number of benzene rings is 1. The largest absolute Gasteiger partial charge is 0.457 e. The zero-order valence-electron chi connectivity index (χ0n) is 15.8. The number of nitrogen functional groups attached to an aromatic ring is 1. The summed E-state index contributed by atoms with van der Waals surface area (Å²) in [4.78, 5) is 18.6. The monoisotopic (exact) mass is 391 g/mol. The van der Waals surface area contributed by atoms with Crippen LogP contribution in [0.3, 0.4) is 0 Å². The fourth-order valence-electron chi connectivity index (χ4n) is 2.67. The molecule has 0 aliphatic carbocycles. The Kier molecular flexibility index (Phi) is 7.69. The van der Waals surface area contributed by atoms with Crippen LogP contribution in [0.5, 0.6) is 11.5 Å². The number of urea groups is 1. The van der Waals surface area contributed by atoms with Gasteiger partial charge in [-0.3, -0.25) is 10.2 Å². The van der Waals surface area contributed by atoms with Gasteiger partial charge in [0.1, 0.15) is 17.3 Å².